The van der Waals surface area contributed by atoms with Gasteiger partial charge in [-0.3, -0.25) is 4.90 Å². The molecule has 2 bridgehead atoms. The molecule has 0 radical (unpaired) electrons. The first-order valence-electron chi connectivity index (χ1n) is 13.1. The van der Waals surface area contributed by atoms with Crippen molar-refractivity contribution in [2.24, 2.45) is 5.92 Å². The van der Waals surface area contributed by atoms with Crippen LogP contribution in [0.4, 0.5) is 4.39 Å². The van der Waals surface area contributed by atoms with Crippen molar-refractivity contribution in [2.75, 3.05) is 39.3 Å². The molecule has 4 aliphatic rings. The topological polar surface area (TPSA) is 29.5 Å². The molecule has 4 saturated heterocycles. The lowest BCUT2D eigenvalue weighted by atomic mass is 9.82. The zero-order valence-corrected chi connectivity index (χ0v) is 20.4. The second-order valence-electron chi connectivity index (χ2n) is 10.8. The standard InChI is InChI=1S/C29H38FN2O2/c1-29(25-8-4-2-5-9-25,31-17-6-3-7-18-31)28(33)34-27-22-32(20-15-24(27)16-21-32)19-14-23-10-12-26(30)13-11-23/h2,4-5,8-13,24,27H,3,6-7,14-22H2,1H3/q+1. The molecule has 6 rings (SSSR count). The summed E-state index contributed by atoms with van der Waals surface area (Å²) in [4.78, 5) is 16.3. The van der Waals surface area contributed by atoms with E-state index in [1.807, 2.05) is 30.3 Å². The Morgan fingerprint density at radius 3 is 2.38 bits per heavy atom. The predicted octanol–water partition coefficient (Wildman–Crippen LogP) is 4.92. The van der Waals surface area contributed by atoms with Gasteiger partial charge in [-0.05, 0) is 56.1 Å². The summed E-state index contributed by atoms with van der Waals surface area (Å²) in [6.45, 7) is 8.18. The van der Waals surface area contributed by atoms with Crippen LogP contribution in [0.3, 0.4) is 0 Å². The number of esters is 1. The first kappa shape index (κ1) is 23.5. The van der Waals surface area contributed by atoms with E-state index in [1.165, 1.54) is 12.0 Å². The minimum Gasteiger partial charge on any atom is -0.454 e. The van der Waals surface area contributed by atoms with Gasteiger partial charge >= 0.3 is 5.97 Å². The molecule has 0 amide bonds. The van der Waals surface area contributed by atoms with Crippen LogP contribution in [0.25, 0.3) is 0 Å². The van der Waals surface area contributed by atoms with Crippen molar-refractivity contribution in [1.82, 2.24) is 4.90 Å². The number of carbonyl (C=O) groups excluding carboxylic acids is 1. The van der Waals surface area contributed by atoms with Crippen molar-refractivity contribution in [3.63, 3.8) is 0 Å². The van der Waals surface area contributed by atoms with Gasteiger partial charge in [0.25, 0.3) is 0 Å². The number of hydrogen-bond donors (Lipinski definition) is 0. The fraction of sp³-hybridized carbons (Fsp3) is 0.552. The Hall–Kier alpha value is -2.24. The normalized spacial score (nSPS) is 28.9. The Morgan fingerprint density at radius 1 is 1.03 bits per heavy atom. The fourth-order valence-corrected chi connectivity index (χ4v) is 6.47. The summed E-state index contributed by atoms with van der Waals surface area (Å²) in [5.41, 5.74) is 1.47. The highest BCUT2D eigenvalue weighted by atomic mass is 19.1. The number of ether oxygens (including phenoxy) is 1. The number of quaternary nitrogens is 1. The highest BCUT2D eigenvalue weighted by molar-refractivity contribution is 5.82. The van der Waals surface area contributed by atoms with Gasteiger partial charge < -0.3 is 9.22 Å². The maximum atomic E-state index is 13.9. The zero-order chi connectivity index (χ0) is 23.6. The molecule has 0 aromatic heterocycles. The number of likely N-dealkylation sites (tertiary alicyclic amines) is 1. The molecular formula is C29H38FN2O2+. The molecule has 0 N–H and O–H groups in total. The van der Waals surface area contributed by atoms with E-state index in [2.05, 4.69) is 24.0 Å². The number of fused-ring (bicyclic) bond motifs is 3. The molecule has 2 aromatic carbocycles. The summed E-state index contributed by atoms with van der Waals surface area (Å²) in [5, 5.41) is 0. The first-order valence-corrected chi connectivity index (χ1v) is 13.1. The van der Waals surface area contributed by atoms with Gasteiger partial charge in [-0.15, -0.1) is 0 Å². The molecular weight excluding hydrogens is 427 g/mol. The molecule has 4 heterocycles. The summed E-state index contributed by atoms with van der Waals surface area (Å²) >= 11 is 0. The lowest BCUT2D eigenvalue weighted by molar-refractivity contribution is -0.946. The Morgan fingerprint density at radius 2 is 1.71 bits per heavy atom. The third kappa shape index (κ3) is 4.65. The molecule has 4 aliphatic heterocycles. The highest BCUT2D eigenvalue weighted by Crippen LogP contribution is 2.39. The van der Waals surface area contributed by atoms with Gasteiger partial charge in [-0.1, -0.05) is 48.9 Å². The van der Waals surface area contributed by atoms with Crippen molar-refractivity contribution < 1.29 is 18.4 Å². The fourth-order valence-electron chi connectivity index (χ4n) is 6.47. The van der Waals surface area contributed by atoms with E-state index in [0.717, 1.165) is 81.4 Å². The van der Waals surface area contributed by atoms with Crippen LogP contribution < -0.4 is 0 Å². The SMILES string of the molecule is CC(C(=O)OC1C[N+]2(CCc3ccc(F)cc3)CCC1CC2)(c1ccccc1)N1CCCCC1. The van der Waals surface area contributed by atoms with Gasteiger partial charge in [0.15, 0.2) is 6.10 Å². The van der Waals surface area contributed by atoms with Gasteiger partial charge in [0.2, 0.25) is 0 Å². The van der Waals surface area contributed by atoms with Crippen LogP contribution in [0.15, 0.2) is 54.6 Å². The van der Waals surface area contributed by atoms with Crippen LogP contribution in [0.1, 0.15) is 50.2 Å². The number of halogens is 1. The monoisotopic (exact) mass is 465 g/mol. The molecule has 34 heavy (non-hydrogen) atoms. The van der Waals surface area contributed by atoms with E-state index in [0.29, 0.717) is 5.92 Å². The molecule has 2 aromatic rings. The lowest BCUT2D eigenvalue weighted by Crippen LogP contribution is -2.65. The molecule has 4 nitrogen and oxygen atoms in total. The number of carbonyl (C=O) groups is 1. The second-order valence-corrected chi connectivity index (χ2v) is 10.8. The van der Waals surface area contributed by atoms with Crippen LogP contribution in [-0.2, 0) is 21.5 Å². The maximum absolute atomic E-state index is 13.9. The van der Waals surface area contributed by atoms with Crippen molar-refractivity contribution in [3.8, 4) is 0 Å². The Kier molecular flexibility index (Phi) is 6.76. The van der Waals surface area contributed by atoms with Crippen molar-refractivity contribution >= 4 is 5.97 Å². The van der Waals surface area contributed by atoms with Gasteiger partial charge in [-0.25, -0.2) is 9.18 Å². The van der Waals surface area contributed by atoms with Crippen molar-refractivity contribution in [1.29, 1.82) is 0 Å². The smallest absolute Gasteiger partial charge is 0.331 e. The summed E-state index contributed by atoms with van der Waals surface area (Å²) in [7, 11) is 0. The molecule has 182 valence electrons. The zero-order valence-electron chi connectivity index (χ0n) is 20.4. The van der Waals surface area contributed by atoms with Crippen molar-refractivity contribution in [3.05, 3.63) is 71.5 Å². The van der Waals surface area contributed by atoms with Crippen LogP contribution in [0.5, 0.6) is 0 Å². The summed E-state index contributed by atoms with van der Waals surface area (Å²) < 4.78 is 20.8. The van der Waals surface area contributed by atoms with Crippen LogP contribution >= 0.6 is 0 Å². The average Bonchev–Trinajstić information content (AvgIpc) is 2.89. The number of hydrogen-bond acceptors (Lipinski definition) is 3. The third-order valence-corrected chi connectivity index (χ3v) is 8.81. The van der Waals surface area contributed by atoms with E-state index in [9.17, 15) is 9.18 Å². The van der Waals surface area contributed by atoms with Crippen LogP contribution in [0.2, 0.25) is 0 Å². The largest absolute Gasteiger partial charge is 0.454 e. The van der Waals surface area contributed by atoms with Gasteiger partial charge in [0.05, 0.1) is 19.6 Å². The Bertz CT molecular complexity index is 965. The molecule has 0 aliphatic carbocycles. The number of benzene rings is 2. The first-order chi connectivity index (χ1) is 16.5. The van der Waals surface area contributed by atoms with E-state index < -0.39 is 5.54 Å². The Labute approximate surface area is 203 Å². The molecule has 2 atom stereocenters. The molecule has 2 unspecified atom stereocenters. The minimum absolute atomic E-state index is 0.0176. The van der Waals surface area contributed by atoms with E-state index in [4.69, 9.17) is 4.74 Å². The quantitative estimate of drug-likeness (QED) is 0.429. The summed E-state index contributed by atoms with van der Waals surface area (Å²) in [5.74, 6) is 0.198. The molecule has 0 saturated carbocycles. The van der Waals surface area contributed by atoms with Gasteiger partial charge in [0.1, 0.15) is 17.9 Å². The average molecular weight is 466 g/mol. The minimum atomic E-state index is -0.743. The summed E-state index contributed by atoms with van der Waals surface area (Å²) in [6, 6.07) is 17.1. The second kappa shape index (κ2) is 9.79. The summed E-state index contributed by atoms with van der Waals surface area (Å²) in [6.07, 6.45) is 6.64. The molecule has 4 fully saturated rings. The van der Waals surface area contributed by atoms with Crippen LogP contribution in [0, 0.1) is 11.7 Å². The third-order valence-electron chi connectivity index (χ3n) is 8.81. The maximum Gasteiger partial charge on any atom is 0.331 e. The predicted molar refractivity (Wildman–Crippen MR) is 132 cm³/mol. The highest BCUT2D eigenvalue weighted by Gasteiger charge is 2.50. The van der Waals surface area contributed by atoms with Gasteiger partial charge in [0, 0.05) is 25.2 Å². The van der Waals surface area contributed by atoms with E-state index >= 15 is 0 Å². The lowest BCUT2D eigenvalue weighted by Gasteiger charge is -2.53. The Balaban J connectivity index is 1.31. The number of nitrogens with zero attached hydrogens (tertiary/aromatic N) is 2. The van der Waals surface area contributed by atoms with Crippen molar-refractivity contribution in [2.45, 2.75) is 57.1 Å². The van der Waals surface area contributed by atoms with Gasteiger partial charge in [-0.2, -0.15) is 0 Å². The molecule has 0 spiro atoms. The van der Waals surface area contributed by atoms with Crippen LogP contribution in [-0.4, -0.2) is 60.7 Å². The van der Waals surface area contributed by atoms with E-state index in [1.54, 1.807) is 12.1 Å². The number of rotatable bonds is 7. The van der Waals surface area contributed by atoms with E-state index in [-0.39, 0.29) is 17.9 Å². The molecule has 5 heteroatoms. The number of piperidine rings is 4.